The smallest absolute Gasteiger partial charge is 0.114 e. The molecule has 0 saturated heterocycles. The summed E-state index contributed by atoms with van der Waals surface area (Å²) in [6.45, 7) is 0.367. The van der Waals surface area contributed by atoms with Gasteiger partial charge in [-0.15, -0.1) is 0 Å². The predicted octanol–water partition coefficient (Wildman–Crippen LogP) is -0.447. The normalized spacial score (nSPS) is 36.1. The highest BCUT2D eigenvalue weighted by atomic mass is 16.3. The van der Waals surface area contributed by atoms with Crippen molar-refractivity contribution in [2.75, 3.05) is 6.54 Å². The van der Waals surface area contributed by atoms with Crippen molar-refractivity contribution in [3.8, 4) is 0 Å². The minimum absolute atomic E-state index is 0.367. The fraction of sp³-hybridized carbons (Fsp3) is 0.500. The van der Waals surface area contributed by atoms with Gasteiger partial charge in [-0.2, -0.15) is 0 Å². The predicted molar refractivity (Wildman–Crippen MR) is 42.9 cm³/mol. The quantitative estimate of drug-likeness (QED) is 0.506. The van der Waals surface area contributed by atoms with E-state index in [1.807, 2.05) is 0 Å². The minimum atomic E-state index is -1.15. The third kappa shape index (κ3) is 1.68. The van der Waals surface area contributed by atoms with Gasteiger partial charge >= 0.3 is 0 Å². The van der Waals surface area contributed by atoms with Crippen molar-refractivity contribution in [1.29, 1.82) is 0 Å². The lowest BCUT2D eigenvalue weighted by Crippen LogP contribution is -2.42. The molecular formula is C8H13NO2. The van der Waals surface area contributed by atoms with E-state index in [9.17, 15) is 10.2 Å². The maximum Gasteiger partial charge on any atom is 0.114 e. The van der Waals surface area contributed by atoms with Gasteiger partial charge in [0.2, 0.25) is 0 Å². The Morgan fingerprint density at radius 1 is 1.45 bits per heavy atom. The Hall–Kier alpha value is -0.640. The molecule has 0 aliphatic heterocycles. The van der Waals surface area contributed by atoms with Crippen molar-refractivity contribution in [2.45, 2.75) is 18.1 Å². The molecule has 0 aromatic carbocycles. The number of rotatable bonds is 2. The van der Waals surface area contributed by atoms with Crippen LogP contribution in [0.4, 0.5) is 0 Å². The first-order valence-corrected chi connectivity index (χ1v) is 3.65. The fourth-order valence-electron chi connectivity index (χ4n) is 1.12. The molecule has 1 aliphatic rings. The molecule has 3 nitrogen and oxygen atoms in total. The number of allylic oxidation sites excluding steroid dienone is 2. The van der Waals surface area contributed by atoms with Crippen LogP contribution in [-0.2, 0) is 0 Å². The first kappa shape index (κ1) is 8.46. The monoisotopic (exact) mass is 155 g/mol. The Labute approximate surface area is 65.8 Å². The molecule has 0 aromatic rings. The van der Waals surface area contributed by atoms with Crippen LogP contribution in [0.15, 0.2) is 24.3 Å². The molecule has 11 heavy (non-hydrogen) atoms. The van der Waals surface area contributed by atoms with E-state index in [4.69, 9.17) is 5.73 Å². The topological polar surface area (TPSA) is 66.5 Å². The molecule has 2 atom stereocenters. The van der Waals surface area contributed by atoms with Crippen LogP contribution < -0.4 is 5.73 Å². The van der Waals surface area contributed by atoms with Crippen molar-refractivity contribution in [3.63, 3.8) is 0 Å². The maximum absolute atomic E-state index is 9.67. The molecule has 1 aliphatic carbocycles. The standard InChI is InChI=1S/C8H13NO2/c9-6-5-8(11)4-2-1-3-7(8)10/h1-4,7,10-11H,5-6,9H2. The molecule has 0 heterocycles. The average Bonchev–Trinajstić information content (AvgIpc) is 1.96. The van der Waals surface area contributed by atoms with E-state index in [0.717, 1.165) is 0 Å². The van der Waals surface area contributed by atoms with Crippen molar-refractivity contribution >= 4 is 0 Å². The second-order valence-corrected chi connectivity index (χ2v) is 2.72. The summed E-state index contributed by atoms with van der Waals surface area (Å²) in [5, 5.41) is 19.0. The van der Waals surface area contributed by atoms with Crippen molar-refractivity contribution in [3.05, 3.63) is 24.3 Å². The zero-order chi connectivity index (χ0) is 8.32. The van der Waals surface area contributed by atoms with E-state index in [2.05, 4.69) is 0 Å². The summed E-state index contributed by atoms with van der Waals surface area (Å²) in [5.74, 6) is 0. The van der Waals surface area contributed by atoms with Crippen LogP contribution in [-0.4, -0.2) is 28.5 Å². The third-order valence-corrected chi connectivity index (χ3v) is 1.85. The number of aliphatic hydroxyl groups is 2. The molecule has 0 radical (unpaired) electrons. The molecule has 62 valence electrons. The molecule has 1 rings (SSSR count). The lowest BCUT2D eigenvalue weighted by molar-refractivity contribution is -0.0194. The van der Waals surface area contributed by atoms with Gasteiger partial charge < -0.3 is 15.9 Å². The summed E-state index contributed by atoms with van der Waals surface area (Å²) < 4.78 is 0. The van der Waals surface area contributed by atoms with E-state index in [0.29, 0.717) is 13.0 Å². The molecule has 0 saturated carbocycles. The molecule has 2 unspecified atom stereocenters. The highest BCUT2D eigenvalue weighted by Gasteiger charge is 2.31. The van der Waals surface area contributed by atoms with Gasteiger partial charge in [-0.3, -0.25) is 0 Å². The molecule has 0 amide bonds. The largest absolute Gasteiger partial charge is 0.386 e. The van der Waals surface area contributed by atoms with Crippen LogP contribution in [0.1, 0.15) is 6.42 Å². The van der Waals surface area contributed by atoms with E-state index < -0.39 is 11.7 Å². The Bertz CT molecular complexity index is 189. The van der Waals surface area contributed by atoms with E-state index >= 15 is 0 Å². The summed E-state index contributed by atoms with van der Waals surface area (Å²) >= 11 is 0. The summed E-state index contributed by atoms with van der Waals surface area (Å²) in [6.07, 6.45) is 6.10. The van der Waals surface area contributed by atoms with Gasteiger partial charge in [-0.1, -0.05) is 24.3 Å². The highest BCUT2D eigenvalue weighted by Crippen LogP contribution is 2.20. The lowest BCUT2D eigenvalue weighted by atomic mass is 9.89. The summed E-state index contributed by atoms with van der Waals surface area (Å²) in [6, 6.07) is 0. The van der Waals surface area contributed by atoms with Gasteiger partial charge in [-0.25, -0.2) is 0 Å². The molecule has 0 bridgehead atoms. The number of nitrogens with two attached hydrogens (primary N) is 1. The molecular weight excluding hydrogens is 142 g/mol. The minimum Gasteiger partial charge on any atom is -0.386 e. The lowest BCUT2D eigenvalue weighted by Gasteiger charge is -2.29. The Kier molecular flexibility index (Phi) is 2.44. The van der Waals surface area contributed by atoms with E-state index in [-0.39, 0.29) is 0 Å². The third-order valence-electron chi connectivity index (χ3n) is 1.85. The number of hydrogen-bond donors (Lipinski definition) is 3. The van der Waals surface area contributed by atoms with Gasteiger partial charge in [0.05, 0.1) is 0 Å². The Balaban J connectivity index is 2.68. The first-order chi connectivity index (χ1) is 5.19. The van der Waals surface area contributed by atoms with Crippen LogP contribution in [0.3, 0.4) is 0 Å². The van der Waals surface area contributed by atoms with Crippen LogP contribution >= 0.6 is 0 Å². The second kappa shape index (κ2) is 3.17. The zero-order valence-corrected chi connectivity index (χ0v) is 6.27. The van der Waals surface area contributed by atoms with Crippen molar-refractivity contribution < 1.29 is 10.2 Å². The van der Waals surface area contributed by atoms with Crippen LogP contribution in [0.5, 0.6) is 0 Å². The van der Waals surface area contributed by atoms with Gasteiger partial charge in [0.1, 0.15) is 11.7 Å². The molecule has 0 spiro atoms. The van der Waals surface area contributed by atoms with Crippen LogP contribution in [0.25, 0.3) is 0 Å². The number of aliphatic hydroxyl groups excluding tert-OH is 1. The Morgan fingerprint density at radius 3 is 2.73 bits per heavy atom. The molecule has 0 fully saturated rings. The van der Waals surface area contributed by atoms with Gasteiger partial charge in [0, 0.05) is 0 Å². The van der Waals surface area contributed by atoms with Crippen LogP contribution in [0.2, 0.25) is 0 Å². The van der Waals surface area contributed by atoms with Crippen molar-refractivity contribution in [2.24, 2.45) is 5.73 Å². The van der Waals surface area contributed by atoms with E-state index in [1.54, 1.807) is 24.3 Å². The fourth-order valence-corrected chi connectivity index (χ4v) is 1.12. The van der Waals surface area contributed by atoms with Crippen LogP contribution in [0, 0.1) is 0 Å². The SMILES string of the molecule is NCCC1(O)C=CC=CC1O. The number of hydrogen-bond acceptors (Lipinski definition) is 3. The maximum atomic E-state index is 9.67. The second-order valence-electron chi connectivity index (χ2n) is 2.72. The summed E-state index contributed by atoms with van der Waals surface area (Å²) in [5.41, 5.74) is 4.13. The molecule has 4 N–H and O–H groups in total. The summed E-state index contributed by atoms with van der Waals surface area (Å²) in [4.78, 5) is 0. The highest BCUT2D eigenvalue weighted by molar-refractivity contribution is 5.22. The summed E-state index contributed by atoms with van der Waals surface area (Å²) in [7, 11) is 0. The van der Waals surface area contributed by atoms with E-state index in [1.165, 1.54) is 0 Å². The Morgan fingerprint density at radius 2 is 2.18 bits per heavy atom. The average molecular weight is 155 g/mol. The van der Waals surface area contributed by atoms with Gasteiger partial charge in [0.25, 0.3) is 0 Å². The zero-order valence-electron chi connectivity index (χ0n) is 6.27. The molecule has 0 aromatic heterocycles. The first-order valence-electron chi connectivity index (χ1n) is 3.65. The molecule has 3 heteroatoms. The van der Waals surface area contributed by atoms with Gasteiger partial charge in [0.15, 0.2) is 0 Å². The van der Waals surface area contributed by atoms with Gasteiger partial charge in [-0.05, 0) is 13.0 Å². The van der Waals surface area contributed by atoms with Crippen molar-refractivity contribution in [1.82, 2.24) is 0 Å².